The van der Waals surface area contributed by atoms with E-state index < -0.39 is 5.60 Å². The summed E-state index contributed by atoms with van der Waals surface area (Å²) in [5.41, 5.74) is 0.334. The van der Waals surface area contributed by atoms with Crippen molar-refractivity contribution in [2.75, 3.05) is 6.54 Å². The molecule has 0 atom stereocenters. The molecule has 0 fully saturated rings. The van der Waals surface area contributed by atoms with Gasteiger partial charge >= 0.3 is 6.03 Å². The van der Waals surface area contributed by atoms with E-state index in [1.54, 1.807) is 6.20 Å². The predicted molar refractivity (Wildman–Crippen MR) is 93.5 cm³/mol. The molecule has 1 aromatic carbocycles. The van der Waals surface area contributed by atoms with Crippen LogP contribution in [0, 0.1) is 0 Å². The van der Waals surface area contributed by atoms with E-state index in [1.165, 1.54) is 5.56 Å². The van der Waals surface area contributed by atoms with E-state index in [4.69, 9.17) is 0 Å². The first-order valence-electron chi connectivity index (χ1n) is 8.34. The maximum atomic E-state index is 11.9. The average molecular weight is 330 g/mol. The molecule has 1 heterocycles. The molecule has 0 unspecified atom stereocenters. The normalized spacial score (nSPS) is 11.3. The van der Waals surface area contributed by atoms with E-state index in [9.17, 15) is 9.90 Å². The SMILES string of the molecule is CCC(O)(CC)CNC(=O)NCc1nccn1Cc1ccccc1. The van der Waals surface area contributed by atoms with Gasteiger partial charge < -0.3 is 20.3 Å². The Morgan fingerprint density at radius 1 is 1.21 bits per heavy atom. The van der Waals surface area contributed by atoms with Gasteiger partial charge in [0.25, 0.3) is 0 Å². The lowest BCUT2D eigenvalue weighted by molar-refractivity contribution is 0.0349. The number of benzene rings is 1. The lowest BCUT2D eigenvalue weighted by atomic mass is 9.98. The molecule has 6 nitrogen and oxygen atoms in total. The number of aliphatic hydroxyl groups is 1. The first-order valence-corrected chi connectivity index (χ1v) is 8.34. The summed E-state index contributed by atoms with van der Waals surface area (Å²) in [5, 5.41) is 15.7. The Kier molecular flexibility index (Phi) is 6.37. The van der Waals surface area contributed by atoms with E-state index in [0.29, 0.717) is 25.9 Å². The molecule has 0 saturated heterocycles. The van der Waals surface area contributed by atoms with Crippen LogP contribution in [0.15, 0.2) is 42.7 Å². The second kappa shape index (κ2) is 8.49. The molecule has 2 aromatic rings. The molecule has 0 saturated carbocycles. The molecule has 6 heteroatoms. The van der Waals surface area contributed by atoms with Crippen LogP contribution >= 0.6 is 0 Å². The molecule has 130 valence electrons. The minimum Gasteiger partial charge on any atom is -0.388 e. The Morgan fingerprint density at radius 3 is 2.58 bits per heavy atom. The molecule has 0 bridgehead atoms. The third-order valence-corrected chi connectivity index (χ3v) is 4.30. The van der Waals surface area contributed by atoms with Gasteiger partial charge in [-0.2, -0.15) is 0 Å². The molecule has 0 spiro atoms. The Bertz CT molecular complexity index is 635. The Labute approximate surface area is 142 Å². The minimum absolute atomic E-state index is 0.240. The van der Waals surface area contributed by atoms with E-state index in [-0.39, 0.29) is 12.6 Å². The van der Waals surface area contributed by atoms with Crippen LogP contribution in [0.4, 0.5) is 4.79 Å². The number of carbonyl (C=O) groups excluding carboxylic acids is 1. The van der Waals surface area contributed by atoms with Gasteiger partial charge in [0.15, 0.2) is 0 Å². The van der Waals surface area contributed by atoms with Crippen molar-refractivity contribution < 1.29 is 9.90 Å². The number of rotatable bonds is 8. The van der Waals surface area contributed by atoms with Gasteiger partial charge in [-0.05, 0) is 18.4 Å². The molecular formula is C18H26N4O2. The summed E-state index contributed by atoms with van der Waals surface area (Å²) >= 11 is 0. The van der Waals surface area contributed by atoms with Crippen LogP contribution < -0.4 is 10.6 Å². The highest BCUT2D eigenvalue weighted by Crippen LogP contribution is 2.12. The summed E-state index contributed by atoms with van der Waals surface area (Å²) in [6.07, 6.45) is 4.83. The van der Waals surface area contributed by atoms with Crippen LogP contribution in [0.25, 0.3) is 0 Å². The summed E-state index contributed by atoms with van der Waals surface area (Å²) in [4.78, 5) is 16.2. The highest BCUT2D eigenvalue weighted by atomic mass is 16.3. The number of amides is 2. The molecular weight excluding hydrogens is 304 g/mol. The quantitative estimate of drug-likeness (QED) is 0.695. The van der Waals surface area contributed by atoms with Crippen LogP contribution in [-0.4, -0.2) is 32.8 Å². The first kappa shape index (κ1) is 18.0. The van der Waals surface area contributed by atoms with E-state index in [2.05, 4.69) is 27.8 Å². The third kappa shape index (κ3) is 5.09. The van der Waals surface area contributed by atoms with Crippen molar-refractivity contribution in [2.24, 2.45) is 0 Å². The molecule has 0 aliphatic heterocycles. The standard InChI is InChI=1S/C18H26N4O2/c1-3-18(24,4-2)14-21-17(23)20-12-16-19-10-11-22(16)13-15-8-6-5-7-9-15/h5-11,24H,3-4,12-14H2,1-2H3,(H2,20,21,23). The van der Waals surface area contributed by atoms with Crippen molar-refractivity contribution in [1.82, 2.24) is 20.2 Å². The monoisotopic (exact) mass is 330 g/mol. The molecule has 2 rings (SSSR count). The molecule has 1 aromatic heterocycles. The van der Waals surface area contributed by atoms with Gasteiger partial charge in [-0.3, -0.25) is 0 Å². The Morgan fingerprint density at radius 2 is 1.92 bits per heavy atom. The first-order chi connectivity index (χ1) is 11.6. The molecule has 0 aliphatic rings. The second-order valence-electron chi connectivity index (χ2n) is 5.92. The van der Waals surface area contributed by atoms with E-state index in [1.807, 2.05) is 42.8 Å². The van der Waals surface area contributed by atoms with Gasteiger partial charge in [0.05, 0.1) is 12.1 Å². The highest BCUT2D eigenvalue weighted by molar-refractivity contribution is 5.73. The van der Waals surface area contributed by atoms with Gasteiger partial charge in [-0.25, -0.2) is 9.78 Å². The van der Waals surface area contributed by atoms with Crippen LogP contribution in [-0.2, 0) is 13.1 Å². The fraction of sp³-hybridized carbons (Fsp3) is 0.444. The molecule has 2 amide bonds. The van der Waals surface area contributed by atoms with Gasteiger partial charge in [-0.1, -0.05) is 44.2 Å². The summed E-state index contributed by atoms with van der Waals surface area (Å²) in [7, 11) is 0. The van der Waals surface area contributed by atoms with Crippen molar-refractivity contribution >= 4 is 6.03 Å². The number of nitrogens with zero attached hydrogens (tertiary/aromatic N) is 2. The number of carbonyl (C=O) groups is 1. The molecule has 3 N–H and O–H groups in total. The Hall–Kier alpha value is -2.34. The smallest absolute Gasteiger partial charge is 0.315 e. The highest BCUT2D eigenvalue weighted by Gasteiger charge is 2.22. The van der Waals surface area contributed by atoms with E-state index in [0.717, 1.165) is 5.82 Å². The number of aromatic nitrogens is 2. The number of imidazole rings is 1. The maximum absolute atomic E-state index is 11.9. The fourth-order valence-electron chi connectivity index (χ4n) is 2.40. The van der Waals surface area contributed by atoms with Crippen LogP contribution in [0.2, 0.25) is 0 Å². The van der Waals surface area contributed by atoms with Crippen LogP contribution in [0.1, 0.15) is 38.1 Å². The zero-order valence-electron chi connectivity index (χ0n) is 14.3. The van der Waals surface area contributed by atoms with Crippen molar-refractivity contribution in [2.45, 2.75) is 45.4 Å². The zero-order valence-corrected chi connectivity index (χ0v) is 14.3. The second-order valence-corrected chi connectivity index (χ2v) is 5.92. The molecule has 24 heavy (non-hydrogen) atoms. The van der Waals surface area contributed by atoms with Gasteiger partial charge in [0.2, 0.25) is 0 Å². The lowest BCUT2D eigenvalue weighted by Gasteiger charge is -2.25. The van der Waals surface area contributed by atoms with Crippen molar-refractivity contribution in [3.63, 3.8) is 0 Å². The number of hydrogen-bond donors (Lipinski definition) is 3. The minimum atomic E-state index is -0.844. The zero-order chi connectivity index (χ0) is 17.4. The van der Waals surface area contributed by atoms with Crippen LogP contribution in [0.3, 0.4) is 0 Å². The fourth-order valence-corrected chi connectivity index (χ4v) is 2.40. The lowest BCUT2D eigenvalue weighted by Crippen LogP contribution is -2.45. The van der Waals surface area contributed by atoms with Crippen LogP contribution in [0.5, 0.6) is 0 Å². The van der Waals surface area contributed by atoms with E-state index >= 15 is 0 Å². The predicted octanol–water partition coefficient (Wildman–Crippen LogP) is 2.28. The number of urea groups is 1. The summed E-state index contributed by atoms with van der Waals surface area (Å²) in [6, 6.07) is 9.79. The molecule has 0 aliphatic carbocycles. The topological polar surface area (TPSA) is 79.2 Å². The van der Waals surface area contributed by atoms with Gasteiger partial charge in [0.1, 0.15) is 5.82 Å². The van der Waals surface area contributed by atoms with Crippen molar-refractivity contribution in [3.05, 3.63) is 54.1 Å². The average Bonchev–Trinajstić information content (AvgIpc) is 3.05. The number of nitrogens with one attached hydrogen (secondary N) is 2. The third-order valence-electron chi connectivity index (χ3n) is 4.30. The van der Waals surface area contributed by atoms with Crippen molar-refractivity contribution in [3.8, 4) is 0 Å². The summed E-state index contributed by atoms with van der Waals surface area (Å²) < 4.78 is 2.00. The summed E-state index contributed by atoms with van der Waals surface area (Å²) in [6.45, 7) is 5.10. The summed E-state index contributed by atoms with van der Waals surface area (Å²) in [5.74, 6) is 0.787. The largest absolute Gasteiger partial charge is 0.388 e. The molecule has 0 radical (unpaired) electrons. The Balaban J connectivity index is 1.84. The number of hydrogen-bond acceptors (Lipinski definition) is 3. The van der Waals surface area contributed by atoms with Gasteiger partial charge in [-0.15, -0.1) is 0 Å². The van der Waals surface area contributed by atoms with Gasteiger partial charge in [0, 0.05) is 25.5 Å². The maximum Gasteiger partial charge on any atom is 0.315 e. The van der Waals surface area contributed by atoms with Crippen molar-refractivity contribution in [1.29, 1.82) is 0 Å².